The largest absolute Gasteiger partial charge is 0.503 e. The number of carbonyl (C=O) groups excluding carboxylic acids is 2. The predicted octanol–water partition coefficient (Wildman–Crippen LogP) is 4.20. The second kappa shape index (κ2) is 8.17. The van der Waals surface area contributed by atoms with Crippen LogP contribution in [0.5, 0.6) is 0 Å². The number of furan rings is 1. The standard InChI is InChI=1S/C19H17Cl2NO5/c1-26-8-3-7-22-16(11-5-6-12(20)13(21)10-11)15(18(24)19(22)25)17(23)14-4-2-9-27-14/h2,4-6,9-10,16,24H,3,7-8H2,1H3. The van der Waals surface area contributed by atoms with Gasteiger partial charge in [-0.25, -0.2) is 0 Å². The van der Waals surface area contributed by atoms with E-state index < -0.39 is 23.5 Å². The number of amides is 1. The minimum atomic E-state index is -0.804. The van der Waals surface area contributed by atoms with Crippen LogP contribution in [0.25, 0.3) is 0 Å². The smallest absolute Gasteiger partial charge is 0.290 e. The first kappa shape index (κ1) is 19.5. The molecule has 1 aliphatic rings. The highest BCUT2D eigenvalue weighted by atomic mass is 35.5. The summed E-state index contributed by atoms with van der Waals surface area (Å²) >= 11 is 12.1. The molecule has 3 rings (SSSR count). The van der Waals surface area contributed by atoms with E-state index in [4.69, 9.17) is 32.4 Å². The average molecular weight is 410 g/mol. The van der Waals surface area contributed by atoms with Gasteiger partial charge in [0, 0.05) is 20.3 Å². The topological polar surface area (TPSA) is 80.0 Å². The van der Waals surface area contributed by atoms with Crippen molar-refractivity contribution in [2.75, 3.05) is 20.3 Å². The highest BCUT2D eigenvalue weighted by Crippen LogP contribution is 2.40. The first-order chi connectivity index (χ1) is 13.0. The van der Waals surface area contributed by atoms with Crippen LogP contribution in [0.2, 0.25) is 10.0 Å². The molecule has 142 valence electrons. The van der Waals surface area contributed by atoms with E-state index in [-0.39, 0.29) is 22.9 Å². The summed E-state index contributed by atoms with van der Waals surface area (Å²) in [5.41, 5.74) is 0.514. The van der Waals surface area contributed by atoms with Crippen molar-refractivity contribution in [3.63, 3.8) is 0 Å². The Kier molecular flexibility index (Phi) is 5.89. The second-order valence-corrected chi connectivity index (χ2v) is 6.80. The van der Waals surface area contributed by atoms with Gasteiger partial charge >= 0.3 is 0 Å². The van der Waals surface area contributed by atoms with Crippen LogP contribution in [-0.4, -0.2) is 42.0 Å². The van der Waals surface area contributed by atoms with Crippen LogP contribution >= 0.6 is 23.2 Å². The highest BCUT2D eigenvalue weighted by Gasteiger charge is 2.44. The van der Waals surface area contributed by atoms with Crippen molar-refractivity contribution in [1.82, 2.24) is 4.90 Å². The Morgan fingerprint density at radius 3 is 2.70 bits per heavy atom. The molecule has 1 unspecified atom stereocenters. The molecule has 8 heteroatoms. The number of halogens is 2. The zero-order valence-corrected chi connectivity index (χ0v) is 16.0. The Morgan fingerprint density at radius 2 is 2.07 bits per heavy atom. The number of aliphatic hydroxyl groups is 1. The number of rotatable bonds is 7. The molecule has 2 heterocycles. The summed E-state index contributed by atoms with van der Waals surface area (Å²) in [5.74, 6) is -1.74. The van der Waals surface area contributed by atoms with Crippen molar-refractivity contribution < 1.29 is 23.8 Å². The second-order valence-electron chi connectivity index (χ2n) is 5.99. The number of hydrogen-bond donors (Lipinski definition) is 1. The molecule has 0 spiro atoms. The van der Waals surface area contributed by atoms with E-state index in [1.807, 2.05) is 0 Å². The Hall–Kier alpha value is -2.28. The lowest BCUT2D eigenvalue weighted by Gasteiger charge is -2.26. The molecule has 0 saturated carbocycles. The normalized spacial score (nSPS) is 17.1. The molecule has 0 aliphatic carbocycles. The lowest BCUT2D eigenvalue weighted by Crippen LogP contribution is -2.32. The molecule has 0 saturated heterocycles. The number of ether oxygens (including phenoxy) is 1. The number of Topliss-reactive ketones (excluding diaryl/α,β-unsaturated/α-hetero) is 1. The molecule has 1 aromatic heterocycles. The van der Waals surface area contributed by atoms with Gasteiger partial charge in [-0.15, -0.1) is 0 Å². The van der Waals surface area contributed by atoms with E-state index in [0.717, 1.165) is 0 Å². The number of methoxy groups -OCH3 is 1. The van der Waals surface area contributed by atoms with Gasteiger partial charge in [0.05, 0.1) is 27.9 Å². The summed E-state index contributed by atoms with van der Waals surface area (Å²) in [5, 5.41) is 11.1. The molecule has 1 aliphatic heterocycles. The van der Waals surface area contributed by atoms with Gasteiger partial charge in [-0.1, -0.05) is 29.3 Å². The minimum absolute atomic E-state index is 0.0353. The Bertz CT molecular complexity index is 892. The number of hydrogen-bond acceptors (Lipinski definition) is 5. The van der Waals surface area contributed by atoms with Gasteiger partial charge in [0.25, 0.3) is 5.91 Å². The zero-order valence-electron chi connectivity index (χ0n) is 14.4. The maximum Gasteiger partial charge on any atom is 0.290 e. The summed E-state index contributed by atoms with van der Waals surface area (Å²) in [6.07, 6.45) is 1.89. The van der Waals surface area contributed by atoms with Gasteiger partial charge in [0.15, 0.2) is 11.5 Å². The van der Waals surface area contributed by atoms with Crippen LogP contribution in [0, 0.1) is 0 Å². The van der Waals surface area contributed by atoms with Crippen molar-refractivity contribution in [2.45, 2.75) is 12.5 Å². The van der Waals surface area contributed by atoms with Crippen molar-refractivity contribution in [3.8, 4) is 0 Å². The van der Waals surface area contributed by atoms with E-state index in [1.54, 1.807) is 31.4 Å². The number of aliphatic hydroxyl groups excluding tert-OH is 1. The molecule has 2 aromatic rings. The molecular weight excluding hydrogens is 393 g/mol. The Labute approximate surface area is 165 Å². The number of ketones is 1. The predicted molar refractivity (Wildman–Crippen MR) is 100 cm³/mol. The maximum atomic E-state index is 12.9. The van der Waals surface area contributed by atoms with Crippen LogP contribution in [0.1, 0.15) is 28.6 Å². The van der Waals surface area contributed by atoms with E-state index in [0.29, 0.717) is 23.6 Å². The van der Waals surface area contributed by atoms with E-state index in [1.165, 1.54) is 17.2 Å². The van der Waals surface area contributed by atoms with Crippen LogP contribution < -0.4 is 0 Å². The molecule has 0 fully saturated rings. The SMILES string of the molecule is COCCCN1C(=O)C(O)=C(C(=O)c2ccco2)C1c1ccc(Cl)c(Cl)c1. The van der Waals surface area contributed by atoms with Crippen molar-refractivity contribution >= 4 is 34.9 Å². The lowest BCUT2D eigenvalue weighted by atomic mass is 9.95. The molecule has 0 radical (unpaired) electrons. The van der Waals surface area contributed by atoms with Crippen LogP contribution in [0.4, 0.5) is 0 Å². The first-order valence-electron chi connectivity index (χ1n) is 8.22. The van der Waals surface area contributed by atoms with Gasteiger partial charge in [0.2, 0.25) is 5.78 Å². The molecule has 0 bridgehead atoms. The quantitative estimate of drug-likeness (QED) is 0.547. The molecule has 27 heavy (non-hydrogen) atoms. The van der Waals surface area contributed by atoms with E-state index >= 15 is 0 Å². The molecule has 1 N–H and O–H groups in total. The van der Waals surface area contributed by atoms with Crippen LogP contribution in [0.15, 0.2) is 52.3 Å². The fraction of sp³-hybridized carbons (Fsp3) is 0.263. The van der Waals surface area contributed by atoms with Crippen molar-refractivity contribution in [2.24, 2.45) is 0 Å². The Morgan fingerprint density at radius 1 is 1.30 bits per heavy atom. The zero-order chi connectivity index (χ0) is 19.6. The van der Waals surface area contributed by atoms with Crippen molar-refractivity contribution in [1.29, 1.82) is 0 Å². The summed E-state index contributed by atoms with van der Waals surface area (Å²) in [7, 11) is 1.56. The monoisotopic (exact) mass is 409 g/mol. The number of benzene rings is 1. The summed E-state index contributed by atoms with van der Waals surface area (Å²) < 4.78 is 10.2. The maximum absolute atomic E-state index is 12.9. The fourth-order valence-corrected chi connectivity index (χ4v) is 3.37. The third-order valence-corrected chi connectivity index (χ3v) is 5.04. The lowest BCUT2D eigenvalue weighted by molar-refractivity contribution is -0.129. The van der Waals surface area contributed by atoms with E-state index in [9.17, 15) is 14.7 Å². The van der Waals surface area contributed by atoms with Gasteiger partial charge in [-0.05, 0) is 36.2 Å². The molecule has 1 aromatic carbocycles. The summed E-state index contributed by atoms with van der Waals surface area (Å²) in [6, 6.07) is 7.07. The number of carbonyl (C=O) groups is 2. The molecule has 1 amide bonds. The average Bonchev–Trinajstić information content (AvgIpc) is 3.26. The summed E-state index contributed by atoms with van der Waals surface area (Å²) in [6.45, 7) is 0.719. The van der Waals surface area contributed by atoms with Gasteiger partial charge < -0.3 is 19.2 Å². The number of nitrogens with zero attached hydrogens (tertiary/aromatic N) is 1. The minimum Gasteiger partial charge on any atom is -0.503 e. The third-order valence-electron chi connectivity index (χ3n) is 4.30. The molecule has 1 atom stereocenters. The molecular formula is C19H17Cl2NO5. The van der Waals surface area contributed by atoms with E-state index in [2.05, 4.69) is 0 Å². The van der Waals surface area contributed by atoms with Crippen LogP contribution in [0.3, 0.4) is 0 Å². The molecule has 6 nitrogen and oxygen atoms in total. The Balaban J connectivity index is 2.05. The van der Waals surface area contributed by atoms with Crippen LogP contribution in [-0.2, 0) is 9.53 Å². The third kappa shape index (κ3) is 3.74. The summed E-state index contributed by atoms with van der Waals surface area (Å²) in [4.78, 5) is 27.0. The van der Waals surface area contributed by atoms with Gasteiger partial charge in [-0.2, -0.15) is 0 Å². The first-order valence-corrected chi connectivity index (χ1v) is 8.97. The van der Waals surface area contributed by atoms with Crippen molar-refractivity contribution in [3.05, 3.63) is 69.3 Å². The van der Waals surface area contributed by atoms with Gasteiger partial charge in [0.1, 0.15) is 0 Å². The highest BCUT2D eigenvalue weighted by molar-refractivity contribution is 6.42. The van der Waals surface area contributed by atoms with Gasteiger partial charge in [-0.3, -0.25) is 9.59 Å². The fourth-order valence-electron chi connectivity index (χ4n) is 3.06.